The van der Waals surface area contributed by atoms with Crippen LogP contribution in [-0.2, 0) is 18.7 Å². The van der Waals surface area contributed by atoms with Gasteiger partial charge in [-0.2, -0.15) is 0 Å². The van der Waals surface area contributed by atoms with Crippen molar-refractivity contribution < 1.29 is 4.42 Å². The first-order valence-corrected chi connectivity index (χ1v) is 11.2. The topological polar surface area (TPSA) is 56.7 Å². The van der Waals surface area contributed by atoms with Crippen LogP contribution in [0.15, 0.2) is 68.6 Å². The molecular weight excluding hydrogens is 448 g/mol. The standard InChI is InChI=1S/C22H21BrN4OS/c1-15-16(2)28-20(24-15)14-29-22-26-25-21(18-8-10-19(23)11-9-18)27(22)13-12-17-6-4-3-5-7-17/h3-11H,12-14H2,1-2H3. The highest BCUT2D eigenvalue weighted by Crippen LogP contribution is 2.28. The van der Waals surface area contributed by atoms with Crippen LogP contribution >= 0.6 is 27.7 Å². The average molecular weight is 469 g/mol. The summed E-state index contributed by atoms with van der Waals surface area (Å²) in [5, 5.41) is 9.82. The van der Waals surface area contributed by atoms with Gasteiger partial charge in [-0.1, -0.05) is 70.2 Å². The molecular formula is C22H21BrN4OS. The molecule has 4 aromatic rings. The van der Waals surface area contributed by atoms with Gasteiger partial charge >= 0.3 is 0 Å². The molecule has 2 aromatic heterocycles. The number of halogens is 1. The molecule has 0 unspecified atom stereocenters. The van der Waals surface area contributed by atoms with E-state index in [4.69, 9.17) is 4.42 Å². The molecule has 5 nitrogen and oxygen atoms in total. The quantitative estimate of drug-likeness (QED) is 0.318. The Hall–Kier alpha value is -2.38. The molecule has 148 valence electrons. The summed E-state index contributed by atoms with van der Waals surface area (Å²) in [4.78, 5) is 4.47. The lowest BCUT2D eigenvalue weighted by atomic mass is 10.1. The Labute approximate surface area is 182 Å². The number of hydrogen-bond donors (Lipinski definition) is 0. The van der Waals surface area contributed by atoms with Gasteiger partial charge in [-0.05, 0) is 38.0 Å². The molecule has 2 heterocycles. The summed E-state index contributed by atoms with van der Waals surface area (Å²) < 4.78 is 8.94. The molecule has 0 aliphatic carbocycles. The van der Waals surface area contributed by atoms with E-state index >= 15 is 0 Å². The van der Waals surface area contributed by atoms with Crippen LogP contribution in [0.5, 0.6) is 0 Å². The van der Waals surface area contributed by atoms with Gasteiger partial charge < -0.3 is 8.98 Å². The van der Waals surface area contributed by atoms with E-state index in [1.165, 1.54) is 5.56 Å². The maximum Gasteiger partial charge on any atom is 0.205 e. The summed E-state index contributed by atoms with van der Waals surface area (Å²) in [6.45, 7) is 4.69. The van der Waals surface area contributed by atoms with Crippen molar-refractivity contribution in [1.29, 1.82) is 0 Å². The molecule has 0 aliphatic heterocycles. The molecule has 0 fully saturated rings. The van der Waals surface area contributed by atoms with Gasteiger partial charge in [0.25, 0.3) is 0 Å². The Morgan fingerprint density at radius 3 is 2.45 bits per heavy atom. The Morgan fingerprint density at radius 2 is 1.76 bits per heavy atom. The van der Waals surface area contributed by atoms with Gasteiger partial charge in [-0.25, -0.2) is 4.98 Å². The zero-order chi connectivity index (χ0) is 20.2. The van der Waals surface area contributed by atoms with E-state index in [9.17, 15) is 0 Å². The van der Waals surface area contributed by atoms with E-state index in [1.807, 2.05) is 32.0 Å². The van der Waals surface area contributed by atoms with Gasteiger partial charge in [0.2, 0.25) is 5.89 Å². The SMILES string of the molecule is Cc1nc(CSc2nnc(-c3ccc(Br)cc3)n2CCc2ccccc2)oc1C. The summed E-state index contributed by atoms with van der Waals surface area (Å²) in [7, 11) is 0. The van der Waals surface area contributed by atoms with E-state index < -0.39 is 0 Å². The van der Waals surface area contributed by atoms with Gasteiger partial charge in [0.1, 0.15) is 5.76 Å². The van der Waals surface area contributed by atoms with E-state index in [2.05, 4.69) is 72.1 Å². The van der Waals surface area contributed by atoms with E-state index in [1.54, 1.807) is 11.8 Å². The number of oxazole rings is 1. The van der Waals surface area contributed by atoms with Crippen molar-refractivity contribution in [2.45, 2.75) is 37.7 Å². The predicted octanol–water partition coefficient (Wildman–Crippen LogP) is 5.85. The molecule has 0 radical (unpaired) electrons. The normalized spacial score (nSPS) is 11.1. The lowest BCUT2D eigenvalue weighted by Crippen LogP contribution is -2.05. The minimum Gasteiger partial charge on any atom is -0.445 e. The lowest BCUT2D eigenvalue weighted by Gasteiger charge is -2.10. The van der Waals surface area contributed by atoms with Crippen molar-refractivity contribution in [2.24, 2.45) is 0 Å². The van der Waals surface area contributed by atoms with Crippen LogP contribution in [0.2, 0.25) is 0 Å². The Bertz CT molecular complexity index is 1070. The van der Waals surface area contributed by atoms with Gasteiger partial charge in [-0.3, -0.25) is 0 Å². The predicted molar refractivity (Wildman–Crippen MR) is 119 cm³/mol. The molecule has 4 rings (SSSR count). The minimum absolute atomic E-state index is 0.624. The van der Waals surface area contributed by atoms with E-state index in [-0.39, 0.29) is 0 Å². The van der Waals surface area contributed by atoms with Crippen LogP contribution in [0.1, 0.15) is 22.9 Å². The van der Waals surface area contributed by atoms with Crippen molar-refractivity contribution in [3.8, 4) is 11.4 Å². The maximum absolute atomic E-state index is 5.72. The maximum atomic E-state index is 5.72. The van der Waals surface area contributed by atoms with Crippen molar-refractivity contribution in [1.82, 2.24) is 19.7 Å². The van der Waals surface area contributed by atoms with Crippen LogP contribution in [0.4, 0.5) is 0 Å². The zero-order valence-corrected chi connectivity index (χ0v) is 18.7. The number of hydrogen-bond acceptors (Lipinski definition) is 5. The summed E-state index contributed by atoms with van der Waals surface area (Å²) in [6, 6.07) is 18.6. The van der Waals surface area contributed by atoms with Crippen LogP contribution < -0.4 is 0 Å². The number of aryl methyl sites for hydroxylation is 3. The zero-order valence-electron chi connectivity index (χ0n) is 16.3. The smallest absolute Gasteiger partial charge is 0.205 e. The number of rotatable bonds is 7. The van der Waals surface area contributed by atoms with Crippen molar-refractivity contribution in [3.63, 3.8) is 0 Å². The van der Waals surface area contributed by atoms with E-state index in [0.29, 0.717) is 11.6 Å². The molecule has 0 spiro atoms. The van der Waals surface area contributed by atoms with Crippen LogP contribution in [-0.4, -0.2) is 19.7 Å². The number of benzene rings is 2. The molecule has 0 atom stereocenters. The molecule has 0 N–H and O–H groups in total. The third-order valence-corrected chi connectivity index (χ3v) is 6.16. The molecule has 0 bridgehead atoms. The Balaban J connectivity index is 1.60. The third kappa shape index (κ3) is 4.79. The Kier molecular flexibility index (Phi) is 6.16. The fourth-order valence-corrected chi connectivity index (χ4v) is 4.09. The second kappa shape index (κ2) is 8.97. The summed E-state index contributed by atoms with van der Waals surface area (Å²) in [6.07, 6.45) is 0.910. The largest absolute Gasteiger partial charge is 0.445 e. The summed E-state index contributed by atoms with van der Waals surface area (Å²) in [5.41, 5.74) is 3.27. The second-order valence-electron chi connectivity index (χ2n) is 6.74. The molecule has 0 aliphatic rings. The van der Waals surface area contributed by atoms with Crippen LogP contribution in [0.25, 0.3) is 11.4 Å². The van der Waals surface area contributed by atoms with E-state index in [0.717, 1.165) is 45.4 Å². The molecule has 0 saturated carbocycles. The highest BCUT2D eigenvalue weighted by atomic mass is 79.9. The highest BCUT2D eigenvalue weighted by Gasteiger charge is 2.16. The number of nitrogens with zero attached hydrogens (tertiary/aromatic N) is 4. The monoisotopic (exact) mass is 468 g/mol. The Morgan fingerprint density at radius 1 is 1.00 bits per heavy atom. The molecule has 2 aromatic carbocycles. The van der Waals surface area contributed by atoms with Gasteiger partial charge in [0.15, 0.2) is 11.0 Å². The highest BCUT2D eigenvalue weighted by molar-refractivity contribution is 9.10. The van der Waals surface area contributed by atoms with Crippen LogP contribution in [0, 0.1) is 13.8 Å². The summed E-state index contributed by atoms with van der Waals surface area (Å²) >= 11 is 5.10. The van der Waals surface area contributed by atoms with Gasteiger partial charge in [0.05, 0.1) is 11.4 Å². The summed E-state index contributed by atoms with van der Waals surface area (Å²) in [5.74, 6) is 3.07. The molecule has 29 heavy (non-hydrogen) atoms. The fraction of sp³-hybridized carbons (Fsp3) is 0.227. The number of thioether (sulfide) groups is 1. The van der Waals surface area contributed by atoms with Crippen molar-refractivity contribution >= 4 is 27.7 Å². The lowest BCUT2D eigenvalue weighted by molar-refractivity contribution is 0.489. The number of aromatic nitrogens is 4. The first-order valence-electron chi connectivity index (χ1n) is 9.39. The van der Waals surface area contributed by atoms with Crippen LogP contribution in [0.3, 0.4) is 0 Å². The minimum atomic E-state index is 0.624. The van der Waals surface area contributed by atoms with Gasteiger partial charge in [-0.15, -0.1) is 10.2 Å². The fourth-order valence-electron chi connectivity index (χ4n) is 3.02. The average Bonchev–Trinajstić information content (AvgIpc) is 3.28. The van der Waals surface area contributed by atoms with Crippen molar-refractivity contribution in [2.75, 3.05) is 0 Å². The second-order valence-corrected chi connectivity index (χ2v) is 8.60. The molecule has 0 amide bonds. The third-order valence-electron chi connectivity index (χ3n) is 4.68. The molecule has 0 saturated heterocycles. The molecule has 7 heteroatoms. The van der Waals surface area contributed by atoms with Gasteiger partial charge in [0, 0.05) is 16.6 Å². The van der Waals surface area contributed by atoms with Crippen molar-refractivity contribution in [3.05, 3.63) is 82.0 Å². The first kappa shape index (κ1) is 19.9. The first-order chi connectivity index (χ1) is 14.1.